The molecular formula is C16H13ClFN3O4. The zero-order valence-electron chi connectivity index (χ0n) is 12.7. The van der Waals surface area contributed by atoms with Crippen LogP contribution in [0.4, 0.5) is 15.9 Å². The molecule has 3 N–H and O–H groups in total. The number of anilines is 2. The lowest BCUT2D eigenvalue weighted by Gasteiger charge is -2.13. The molecule has 0 aliphatic carbocycles. The number of benzene rings is 2. The minimum Gasteiger partial charge on any atom is -0.464 e. The van der Waals surface area contributed by atoms with Crippen LogP contribution >= 0.6 is 11.6 Å². The molecule has 0 fully saturated rings. The van der Waals surface area contributed by atoms with Crippen LogP contribution in [0.2, 0.25) is 5.02 Å². The minimum atomic E-state index is -0.572. The van der Waals surface area contributed by atoms with Gasteiger partial charge in [-0.15, -0.1) is 0 Å². The maximum absolute atomic E-state index is 13.3. The zero-order chi connectivity index (χ0) is 17.8. The monoisotopic (exact) mass is 365 g/mol. The van der Waals surface area contributed by atoms with E-state index in [2.05, 4.69) is 15.3 Å². The van der Waals surface area contributed by atoms with Gasteiger partial charge in [0, 0.05) is 17.1 Å². The van der Waals surface area contributed by atoms with E-state index in [1.807, 2.05) is 0 Å². The van der Waals surface area contributed by atoms with Crippen molar-refractivity contribution in [2.24, 2.45) is 0 Å². The van der Waals surface area contributed by atoms with Gasteiger partial charge in [0.2, 0.25) is 0 Å². The molecule has 2 aromatic carbocycles. The van der Waals surface area contributed by atoms with Crippen LogP contribution in [0.15, 0.2) is 36.7 Å². The number of nitrogens with one attached hydrogen (secondary N) is 1. The molecule has 9 heteroatoms. The standard InChI is InChI=1S/C16H13ClFN3O4/c17-11-3-9(1-2-12(11)18)21-16-10-4-14(24-7-22)15(25-8-23)5-13(10)19-6-20-16/h1-6,22-23H,7-8H2,(H,19,20,21). The van der Waals surface area contributed by atoms with Crippen molar-refractivity contribution < 1.29 is 24.1 Å². The van der Waals surface area contributed by atoms with Crippen molar-refractivity contribution in [3.63, 3.8) is 0 Å². The molecular weight excluding hydrogens is 353 g/mol. The van der Waals surface area contributed by atoms with Gasteiger partial charge in [0.05, 0.1) is 10.5 Å². The van der Waals surface area contributed by atoms with Gasteiger partial charge in [-0.1, -0.05) is 11.6 Å². The van der Waals surface area contributed by atoms with E-state index in [-0.39, 0.29) is 16.5 Å². The summed E-state index contributed by atoms with van der Waals surface area (Å²) < 4.78 is 23.5. The molecule has 130 valence electrons. The van der Waals surface area contributed by atoms with Gasteiger partial charge in [0.15, 0.2) is 25.1 Å². The summed E-state index contributed by atoms with van der Waals surface area (Å²) in [6, 6.07) is 7.29. The van der Waals surface area contributed by atoms with E-state index in [0.717, 1.165) is 0 Å². The first-order valence-corrected chi connectivity index (χ1v) is 7.48. The largest absolute Gasteiger partial charge is 0.464 e. The molecule has 3 rings (SSSR count). The number of nitrogens with zero attached hydrogens (tertiary/aromatic N) is 2. The Morgan fingerprint density at radius 2 is 1.76 bits per heavy atom. The summed E-state index contributed by atoms with van der Waals surface area (Å²) in [5, 5.41) is 21.5. The van der Waals surface area contributed by atoms with Crippen LogP contribution in [0, 0.1) is 5.82 Å². The van der Waals surface area contributed by atoms with Crippen LogP contribution in [-0.4, -0.2) is 33.8 Å². The van der Waals surface area contributed by atoms with Crippen molar-refractivity contribution in [3.05, 3.63) is 47.5 Å². The summed E-state index contributed by atoms with van der Waals surface area (Å²) in [6.45, 7) is -1.13. The van der Waals surface area contributed by atoms with Gasteiger partial charge in [-0.25, -0.2) is 14.4 Å². The molecule has 25 heavy (non-hydrogen) atoms. The molecule has 3 aromatic rings. The number of aliphatic hydroxyl groups is 2. The predicted octanol–water partition coefficient (Wildman–Crippen LogP) is 2.82. The number of ether oxygens (including phenoxy) is 2. The first kappa shape index (κ1) is 17.2. The van der Waals surface area contributed by atoms with Gasteiger partial charge in [-0.2, -0.15) is 0 Å². The Kier molecular flexibility index (Phi) is 5.13. The fourth-order valence-corrected chi connectivity index (χ4v) is 2.42. The molecule has 0 unspecified atom stereocenters. The molecule has 0 aliphatic heterocycles. The maximum Gasteiger partial charge on any atom is 0.186 e. The number of aromatic nitrogens is 2. The molecule has 0 aliphatic rings. The molecule has 7 nitrogen and oxygen atoms in total. The average Bonchev–Trinajstić information content (AvgIpc) is 2.60. The van der Waals surface area contributed by atoms with Gasteiger partial charge in [-0.05, 0) is 24.3 Å². The van der Waals surface area contributed by atoms with E-state index in [1.165, 1.54) is 24.5 Å². The summed E-state index contributed by atoms with van der Waals surface area (Å²) in [6.07, 6.45) is 1.34. The molecule has 0 bridgehead atoms. The molecule has 1 aromatic heterocycles. The predicted molar refractivity (Wildman–Crippen MR) is 89.7 cm³/mol. The highest BCUT2D eigenvalue weighted by molar-refractivity contribution is 6.31. The van der Waals surface area contributed by atoms with Crippen LogP contribution in [0.5, 0.6) is 11.5 Å². The van der Waals surface area contributed by atoms with Gasteiger partial charge in [0.1, 0.15) is 18.0 Å². The molecule has 0 saturated heterocycles. The lowest BCUT2D eigenvalue weighted by molar-refractivity contribution is 0.0746. The lowest BCUT2D eigenvalue weighted by atomic mass is 10.2. The summed E-state index contributed by atoms with van der Waals surface area (Å²) in [7, 11) is 0. The Bertz CT molecular complexity index is 910. The molecule has 0 amide bonds. The van der Waals surface area contributed by atoms with E-state index in [0.29, 0.717) is 22.4 Å². The highest BCUT2D eigenvalue weighted by Gasteiger charge is 2.13. The Morgan fingerprint density at radius 3 is 2.44 bits per heavy atom. The molecule has 0 radical (unpaired) electrons. The van der Waals surface area contributed by atoms with Crippen LogP contribution in [-0.2, 0) is 0 Å². The van der Waals surface area contributed by atoms with Crippen LogP contribution < -0.4 is 14.8 Å². The highest BCUT2D eigenvalue weighted by atomic mass is 35.5. The normalized spacial score (nSPS) is 10.7. The smallest absolute Gasteiger partial charge is 0.186 e. The second kappa shape index (κ2) is 7.47. The van der Waals surface area contributed by atoms with E-state index < -0.39 is 19.4 Å². The third-order valence-corrected chi connectivity index (χ3v) is 3.61. The zero-order valence-corrected chi connectivity index (χ0v) is 13.5. The van der Waals surface area contributed by atoms with Crippen LogP contribution in [0.25, 0.3) is 10.9 Å². The second-order valence-corrected chi connectivity index (χ2v) is 5.25. The van der Waals surface area contributed by atoms with Gasteiger partial charge >= 0.3 is 0 Å². The average molecular weight is 366 g/mol. The minimum absolute atomic E-state index is 0.0219. The Labute approximate surface area is 146 Å². The molecule has 1 heterocycles. The van der Waals surface area contributed by atoms with Crippen molar-refractivity contribution in [2.75, 3.05) is 18.9 Å². The number of hydrogen-bond donors (Lipinski definition) is 3. The topological polar surface area (TPSA) is 96.7 Å². The Hall–Kier alpha value is -2.68. The summed E-state index contributed by atoms with van der Waals surface area (Å²) in [4.78, 5) is 8.31. The molecule has 0 atom stereocenters. The van der Waals surface area contributed by atoms with Crippen molar-refractivity contribution in [3.8, 4) is 11.5 Å². The Morgan fingerprint density at radius 1 is 1.04 bits per heavy atom. The number of aliphatic hydroxyl groups excluding tert-OH is 2. The summed E-state index contributed by atoms with van der Waals surface area (Å²) in [5.74, 6) is 0.327. The van der Waals surface area contributed by atoms with Gasteiger partial charge < -0.3 is 25.0 Å². The number of halogens is 2. The van der Waals surface area contributed by atoms with Gasteiger partial charge in [-0.3, -0.25) is 0 Å². The highest BCUT2D eigenvalue weighted by Crippen LogP contribution is 2.35. The first-order valence-electron chi connectivity index (χ1n) is 7.10. The third-order valence-electron chi connectivity index (χ3n) is 3.32. The fraction of sp³-hybridized carbons (Fsp3) is 0.125. The maximum atomic E-state index is 13.3. The van der Waals surface area contributed by atoms with Gasteiger partial charge in [0.25, 0.3) is 0 Å². The van der Waals surface area contributed by atoms with E-state index in [4.69, 9.17) is 31.3 Å². The fourth-order valence-electron chi connectivity index (χ4n) is 2.24. The summed E-state index contributed by atoms with van der Waals surface area (Å²) in [5.41, 5.74) is 1.05. The number of fused-ring (bicyclic) bond motifs is 1. The van der Waals surface area contributed by atoms with Crippen LogP contribution in [0.3, 0.4) is 0 Å². The summed E-state index contributed by atoms with van der Waals surface area (Å²) >= 11 is 5.78. The van der Waals surface area contributed by atoms with Crippen molar-refractivity contribution in [1.29, 1.82) is 0 Å². The van der Waals surface area contributed by atoms with Crippen molar-refractivity contribution in [1.82, 2.24) is 9.97 Å². The SMILES string of the molecule is OCOc1cc2ncnc(Nc3ccc(F)c(Cl)c3)c2cc1OCO. The lowest BCUT2D eigenvalue weighted by Crippen LogP contribution is -2.02. The second-order valence-electron chi connectivity index (χ2n) is 4.84. The van der Waals surface area contributed by atoms with E-state index in [9.17, 15) is 4.39 Å². The van der Waals surface area contributed by atoms with E-state index in [1.54, 1.807) is 12.1 Å². The first-order chi connectivity index (χ1) is 12.1. The third kappa shape index (κ3) is 3.71. The molecule has 0 spiro atoms. The number of rotatable bonds is 6. The van der Waals surface area contributed by atoms with Crippen molar-refractivity contribution in [2.45, 2.75) is 0 Å². The molecule has 0 saturated carbocycles. The number of hydrogen-bond acceptors (Lipinski definition) is 7. The van der Waals surface area contributed by atoms with E-state index >= 15 is 0 Å². The van der Waals surface area contributed by atoms with Crippen molar-refractivity contribution >= 4 is 34.0 Å². The quantitative estimate of drug-likeness (QED) is 0.578. The Balaban J connectivity index is 2.05. The van der Waals surface area contributed by atoms with Crippen LogP contribution in [0.1, 0.15) is 0 Å².